The van der Waals surface area contributed by atoms with E-state index in [2.05, 4.69) is 4.74 Å². The van der Waals surface area contributed by atoms with Crippen LogP contribution in [-0.2, 0) is 0 Å². The number of hydrogen-bond donors (Lipinski definition) is 0. The average molecular weight is 583 g/mol. The summed E-state index contributed by atoms with van der Waals surface area (Å²) >= 11 is 1.71. The van der Waals surface area contributed by atoms with Gasteiger partial charge in [-0.1, -0.05) is 47.1 Å². The van der Waals surface area contributed by atoms with Crippen LogP contribution >= 0.6 is 23.5 Å². The maximum atomic E-state index is 14.9. The summed E-state index contributed by atoms with van der Waals surface area (Å²) in [6, 6.07) is 13.8. The van der Waals surface area contributed by atoms with Gasteiger partial charge in [-0.15, -0.1) is 6.42 Å². The highest BCUT2D eigenvalue weighted by Crippen LogP contribution is 2.43. The smallest absolute Gasteiger partial charge is 0.204 e. The van der Waals surface area contributed by atoms with Crippen molar-refractivity contribution in [2.24, 2.45) is 0 Å². The summed E-state index contributed by atoms with van der Waals surface area (Å²) in [4.78, 5) is 0.711. The number of rotatable bonds is 7. The summed E-state index contributed by atoms with van der Waals surface area (Å²) in [5.41, 5.74) is -2.87. The molecule has 0 heterocycles. The van der Waals surface area contributed by atoms with Crippen molar-refractivity contribution in [3.63, 3.8) is 0 Å². The minimum Gasteiger partial charge on any atom is -0.475 e. The van der Waals surface area contributed by atoms with Crippen LogP contribution in [0, 0.1) is 65.8 Å². The van der Waals surface area contributed by atoms with Gasteiger partial charge in [0.15, 0.2) is 40.7 Å². The molecule has 0 N–H and O–H groups in total. The Balaban J connectivity index is 1.70. The molecule has 0 unspecified atom stereocenters. The first-order valence-corrected chi connectivity index (χ1v) is 12.5. The molecule has 0 aromatic heterocycles. The lowest BCUT2D eigenvalue weighted by atomic mass is 10.0. The zero-order chi connectivity index (χ0) is 28.4. The van der Waals surface area contributed by atoms with Crippen LogP contribution in [0.25, 0.3) is 11.1 Å². The molecule has 0 aliphatic heterocycles. The van der Waals surface area contributed by atoms with Gasteiger partial charge in [-0.3, -0.25) is 0 Å². The number of ether oxygens (including phenoxy) is 1. The second-order valence-corrected chi connectivity index (χ2v) is 10.1. The van der Waals surface area contributed by atoms with Crippen LogP contribution in [0.5, 0.6) is 5.75 Å². The van der Waals surface area contributed by atoms with Crippen LogP contribution in [-0.4, -0.2) is 6.61 Å². The highest BCUT2D eigenvalue weighted by Gasteiger charge is 2.35. The van der Waals surface area contributed by atoms with E-state index in [4.69, 9.17) is 6.42 Å². The summed E-state index contributed by atoms with van der Waals surface area (Å²) in [7, 11) is 0. The molecular formula is C28H14F8OS2. The second-order valence-electron chi connectivity index (χ2n) is 7.90. The van der Waals surface area contributed by atoms with Gasteiger partial charge in [0.05, 0.1) is 16.0 Å². The summed E-state index contributed by atoms with van der Waals surface area (Å²) in [5, 5.41) is 0. The average Bonchev–Trinajstić information content (AvgIpc) is 2.93. The Hall–Kier alpha value is -3.62. The van der Waals surface area contributed by atoms with Crippen molar-refractivity contribution in [2.75, 3.05) is 6.61 Å². The number of halogens is 8. The lowest BCUT2D eigenvalue weighted by molar-refractivity contribution is 0.307. The SMILES string of the molecule is C#CCOc1c(F)c(F)c(-c2c(F)c(F)c(Sc3ccc(Sc4ccc(C)cc4)cc3)c(F)c2F)c(F)c1F. The first kappa shape index (κ1) is 28.4. The fraction of sp³-hybridized carbons (Fsp3) is 0.0714. The lowest BCUT2D eigenvalue weighted by Crippen LogP contribution is -2.10. The van der Waals surface area contributed by atoms with Gasteiger partial charge in [-0.25, -0.2) is 26.3 Å². The molecule has 39 heavy (non-hydrogen) atoms. The maximum absolute atomic E-state index is 14.9. The van der Waals surface area contributed by atoms with E-state index >= 15 is 0 Å². The van der Waals surface area contributed by atoms with Crippen LogP contribution < -0.4 is 4.74 Å². The highest BCUT2D eigenvalue weighted by atomic mass is 32.2. The third-order valence-electron chi connectivity index (χ3n) is 5.30. The Morgan fingerprint density at radius 1 is 0.590 bits per heavy atom. The monoisotopic (exact) mass is 582 g/mol. The molecule has 1 nitrogen and oxygen atoms in total. The highest BCUT2D eigenvalue weighted by molar-refractivity contribution is 7.99. The van der Waals surface area contributed by atoms with Gasteiger partial charge in [-0.05, 0) is 43.3 Å². The Labute approximate surface area is 226 Å². The van der Waals surface area contributed by atoms with Gasteiger partial charge >= 0.3 is 0 Å². The maximum Gasteiger partial charge on any atom is 0.204 e. The molecule has 0 atom stereocenters. The van der Waals surface area contributed by atoms with E-state index in [0.717, 1.165) is 15.4 Å². The molecule has 11 heteroatoms. The van der Waals surface area contributed by atoms with E-state index in [1.807, 2.05) is 37.1 Å². The summed E-state index contributed by atoms with van der Waals surface area (Å²) in [6.07, 6.45) is 4.87. The van der Waals surface area contributed by atoms with Crippen molar-refractivity contribution in [3.8, 4) is 29.2 Å². The molecule has 0 radical (unpaired) electrons. The Bertz CT molecular complexity index is 1540. The van der Waals surface area contributed by atoms with E-state index in [1.165, 1.54) is 23.9 Å². The predicted molar refractivity (Wildman–Crippen MR) is 132 cm³/mol. The first-order chi connectivity index (χ1) is 18.5. The Morgan fingerprint density at radius 3 is 1.41 bits per heavy atom. The second kappa shape index (κ2) is 11.6. The zero-order valence-corrected chi connectivity index (χ0v) is 21.3. The molecule has 0 bridgehead atoms. The quantitative estimate of drug-likeness (QED) is 0.122. The van der Waals surface area contributed by atoms with Gasteiger partial charge < -0.3 is 4.74 Å². The number of benzene rings is 4. The van der Waals surface area contributed by atoms with Gasteiger partial charge in [0.25, 0.3) is 0 Å². The van der Waals surface area contributed by atoms with Crippen molar-refractivity contribution in [2.45, 2.75) is 26.5 Å². The number of aryl methyl sites for hydroxylation is 1. The zero-order valence-electron chi connectivity index (χ0n) is 19.7. The van der Waals surface area contributed by atoms with Crippen LogP contribution in [0.3, 0.4) is 0 Å². The van der Waals surface area contributed by atoms with Crippen LogP contribution in [0.2, 0.25) is 0 Å². The van der Waals surface area contributed by atoms with E-state index in [-0.39, 0.29) is 4.90 Å². The molecular weight excluding hydrogens is 568 g/mol. The topological polar surface area (TPSA) is 9.23 Å². The molecule has 4 aromatic carbocycles. The molecule has 0 aliphatic rings. The van der Waals surface area contributed by atoms with Crippen molar-refractivity contribution in [1.82, 2.24) is 0 Å². The van der Waals surface area contributed by atoms with Crippen molar-refractivity contribution >= 4 is 23.5 Å². The van der Waals surface area contributed by atoms with Gasteiger partial charge in [-0.2, -0.15) is 8.78 Å². The molecule has 0 saturated carbocycles. The molecule has 0 saturated heterocycles. The third kappa shape index (κ3) is 5.58. The third-order valence-corrected chi connectivity index (χ3v) is 7.38. The lowest BCUT2D eigenvalue weighted by Gasteiger charge is -2.15. The van der Waals surface area contributed by atoms with Crippen molar-refractivity contribution in [1.29, 1.82) is 0 Å². The van der Waals surface area contributed by atoms with E-state index in [1.54, 1.807) is 12.1 Å². The van der Waals surface area contributed by atoms with Crippen molar-refractivity contribution in [3.05, 3.63) is 101 Å². The minimum atomic E-state index is -2.33. The van der Waals surface area contributed by atoms with E-state index < -0.39 is 74.9 Å². The minimum absolute atomic E-state index is 0.178. The van der Waals surface area contributed by atoms with Crippen LogP contribution in [0.1, 0.15) is 5.56 Å². The molecule has 0 aliphatic carbocycles. The molecule has 200 valence electrons. The van der Waals surface area contributed by atoms with Gasteiger partial charge in [0.2, 0.25) is 11.6 Å². The summed E-state index contributed by atoms with van der Waals surface area (Å²) in [5.74, 6) is -17.4. The Kier molecular flexibility index (Phi) is 8.47. The fourth-order valence-electron chi connectivity index (χ4n) is 3.43. The number of terminal acetylenes is 1. The predicted octanol–water partition coefficient (Wildman–Crippen LogP) is 9.09. The van der Waals surface area contributed by atoms with Gasteiger partial charge in [0.1, 0.15) is 6.61 Å². The molecule has 0 fully saturated rings. The van der Waals surface area contributed by atoms with Crippen LogP contribution in [0.4, 0.5) is 35.1 Å². The standard InChI is InChI=1S/C28H14F8OS2/c1-3-12-37-27-23(33)19(29)17(20(30)24(27)34)18-21(31)25(35)28(26(36)22(18)32)39-16-10-8-15(9-11-16)38-14-6-4-13(2)5-7-14/h1,4-11H,12H2,2H3. The molecule has 4 aromatic rings. The molecule has 0 spiro atoms. The molecule has 0 amide bonds. The molecule has 4 rings (SSSR count). The summed E-state index contributed by atoms with van der Waals surface area (Å²) in [6.45, 7) is 1.14. The van der Waals surface area contributed by atoms with E-state index in [0.29, 0.717) is 11.8 Å². The van der Waals surface area contributed by atoms with Gasteiger partial charge in [0, 0.05) is 14.7 Å². The largest absolute Gasteiger partial charge is 0.475 e. The summed E-state index contributed by atoms with van der Waals surface area (Å²) < 4.78 is 122. The van der Waals surface area contributed by atoms with Crippen LogP contribution in [0.15, 0.2) is 68.1 Å². The van der Waals surface area contributed by atoms with E-state index in [9.17, 15) is 35.1 Å². The Morgan fingerprint density at radius 2 is 0.974 bits per heavy atom. The van der Waals surface area contributed by atoms with Crippen molar-refractivity contribution < 1.29 is 39.9 Å². The first-order valence-electron chi connectivity index (χ1n) is 10.9. The number of hydrogen-bond acceptors (Lipinski definition) is 3. The fourth-order valence-corrected chi connectivity index (χ4v) is 5.11. The normalized spacial score (nSPS) is 11.0.